The number of allylic oxidation sites excluding steroid dienone is 2. The van der Waals surface area contributed by atoms with Crippen LogP contribution in [0.2, 0.25) is 0 Å². The van der Waals surface area contributed by atoms with Gasteiger partial charge in [0.05, 0.1) is 0 Å². The molecule has 2 nitrogen and oxygen atoms in total. The molecule has 0 amide bonds. The van der Waals surface area contributed by atoms with Gasteiger partial charge >= 0.3 is 5.97 Å². The third-order valence-corrected chi connectivity index (χ3v) is 4.23. The number of carbonyl (C=O) groups is 1. The lowest BCUT2D eigenvalue weighted by atomic mass is 10.1. The topological polar surface area (TPSA) is 26.3 Å². The van der Waals surface area contributed by atoms with Crippen molar-refractivity contribution >= 4 is 40.8 Å². The number of esters is 1. The molecule has 0 saturated carbocycles. The summed E-state index contributed by atoms with van der Waals surface area (Å²) in [6, 6.07) is 9.06. The van der Waals surface area contributed by atoms with Crippen LogP contribution in [0.15, 0.2) is 42.5 Å². The summed E-state index contributed by atoms with van der Waals surface area (Å²) in [6.07, 6.45) is 10.1. The first kappa shape index (κ1) is 21.3. The lowest BCUT2D eigenvalue weighted by Gasteiger charge is -2.24. The van der Waals surface area contributed by atoms with Crippen LogP contribution in [0.5, 0.6) is 0 Å². The van der Waals surface area contributed by atoms with Crippen molar-refractivity contribution < 1.29 is 9.53 Å². The molecule has 0 spiro atoms. The summed E-state index contributed by atoms with van der Waals surface area (Å²) in [7, 11) is 0. The number of halogens is 3. The van der Waals surface area contributed by atoms with E-state index in [1.54, 1.807) is 12.1 Å². The zero-order valence-corrected chi connectivity index (χ0v) is 16.3. The van der Waals surface area contributed by atoms with Crippen LogP contribution >= 0.6 is 34.8 Å². The van der Waals surface area contributed by atoms with E-state index in [2.05, 4.69) is 12.2 Å². The quantitative estimate of drug-likeness (QED) is 0.187. The molecule has 0 aliphatic heterocycles. The Kier molecular flexibility index (Phi) is 10.5. The van der Waals surface area contributed by atoms with Crippen LogP contribution < -0.4 is 0 Å². The molecule has 0 N–H and O–H groups in total. The first-order chi connectivity index (χ1) is 11.4. The van der Waals surface area contributed by atoms with Crippen molar-refractivity contribution in [2.75, 3.05) is 0 Å². The van der Waals surface area contributed by atoms with Crippen molar-refractivity contribution in [3.8, 4) is 0 Å². The normalized spacial score (nSPS) is 13.2. The van der Waals surface area contributed by atoms with E-state index < -0.39 is 9.90 Å². The fourth-order valence-electron chi connectivity index (χ4n) is 2.37. The molecule has 1 aromatic rings. The zero-order valence-electron chi connectivity index (χ0n) is 14.0. The van der Waals surface area contributed by atoms with Crippen molar-refractivity contribution in [3.05, 3.63) is 48.0 Å². The monoisotopic (exact) mass is 390 g/mol. The van der Waals surface area contributed by atoms with E-state index in [0.29, 0.717) is 12.0 Å². The van der Waals surface area contributed by atoms with Gasteiger partial charge in [-0.15, -0.1) is 0 Å². The highest BCUT2D eigenvalue weighted by molar-refractivity contribution is 6.68. The number of ether oxygens (including phenoxy) is 1. The molecule has 24 heavy (non-hydrogen) atoms. The molecule has 1 unspecified atom stereocenters. The van der Waals surface area contributed by atoms with Gasteiger partial charge in [-0.2, -0.15) is 0 Å². The van der Waals surface area contributed by atoms with Crippen molar-refractivity contribution in [2.24, 2.45) is 0 Å². The fraction of sp³-hybridized carbons (Fsp3) is 0.526. The van der Waals surface area contributed by atoms with E-state index in [0.717, 1.165) is 25.7 Å². The van der Waals surface area contributed by atoms with Gasteiger partial charge in [-0.25, -0.2) is 0 Å². The van der Waals surface area contributed by atoms with Crippen LogP contribution in [0, 0.1) is 0 Å². The largest absolute Gasteiger partial charge is 0.453 e. The maximum absolute atomic E-state index is 12.0. The summed E-state index contributed by atoms with van der Waals surface area (Å²) < 4.78 is 3.73. The Morgan fingerprint density at radius 2 is 1.71 bits per heavy atom. The SMILES string of the molecule is CC=CCCCCCCCC(=O)OC(c1ccccc1)C(Cl)(Cl)Cl. The van der Waals surface area contributed by atoms with Crippen LogP contribution in [-0.2, 0) is 9.53 Å². The fourth-order valence-corrected chi connectivity index (χ4v) is 2.88. The van der Waals surface area contributed by atoms with Gasteiger partial charge in [0.2, 0.25) is 3.79 Å². The summed E-state index contributed by atoms with van der Waals surface area (Å²) in [5, 5.41) is 0. The smallest absolute Gasteiger partial charge is 0.306 e. The summed E-state index contributed by atoms with van der Waals surface area (Å²) in [5.74, 6) is -0.330. The van der Waals surface area contributed by atoms with Crippen LogP contribution in [-0.4, -0.2) is 9.76 Å². The highest BCUT2D eigenvalue weighted by Gasteiger charge is 2.37. The number of hydrogen-bond donors (Lipinski definition) is 0. The van der Waals surface area contributed by atoms with Crippen LogP contribution in [0.1, 0.15) is 63.5 Å². The maximum Gasteiger partial charge on any atom is 0.306 e. The molecule has 1 rings (SSSR count). The number of rotatable bonds is 10. The van der Waals surface area contributed by atoms with Crippen molar-refractivity contribution in [2.45, 2.75) is 61.8 Å². The number of alkyl halides is 3. The Labute approximate surface area is 160 Å². The van der Waals surface area contributed by atoms with Crippen LogP contribution in [0.4, 0.5) is 0 Å². The summed E-state index contributed by atoms with van der Waals surface area (Å²) in [4.78, 5) is 12.0. The Morgan fingerprint density at radius 1 is 1.08 bits per heavy atom. The van der Waals surface area contributed by atoms with Crippen LogP contribution in [0.25, 0.3) is 0 Å². The summed E-state index contributed by atoms with van der Waals surface area (Å²) >= 11 is 17.9. The summed E-state index contributed by atoms with van der Waals surface area (Å²) in [5.41, 5.74) is 0.676. The third-order valence-electron chi connectivity index (χ3n) is 3.64. The Hall–Kier alpha value is -0.700. The first-order valence-corrected chi connectivity index (χ1v) is 9.51. The Bertz CT molecular complexity index is 495. The molecule has 0 bridgehead atoms. The van der Waals surface area contributed by atoms with Gasteiger partial charge in [-0.1, -0.05) is 96.5 Å². The second kappa shape index (κ2) is 11.8. The van der Waals surface area contributed by atoms with Crippen molar-refractivity contribution in [1.82, 2.24) is 0 Å². The van der Waals surface area contributed by atoms with E-state index in [-0.39, 0.29) is 5.97 Å². The molecule has 0 aromatic heterocycles. The van der Waals surface area contributed by atoms with Gasteiger partial charge in [-0.3, -0.25) is 4.79 Å². The number of benzene rings is 1. The minimum atomic E-state index is -1.69. The van der Waals surface area contributed by atoms with Crippen LogP contribution in [0.3, 0.4) is 0 Å². The second-order valence-electron chi connectivity index (χ2n) is 5.70. The predicted octanol–water partition coefficient (Wildman–Crippen LogP) is 6.95. The molecule has 5 heteroatoms. The molecule has 0 fully saturated rings. The van der Waals surface area contributed by atoms with Gasteiger partial charge in [0, 0.05) is 6.42 Å². The highest BCUT2D eigenvalue weighted by Crippen LogP contribution is 2.42. The predicted molar refractivity (Wildman–Crippen MR) is 103 cm³/mol. The lowest BCUT2D eigenvalue weighted by molar-refractivity contribution is -0.149. The minimum absolute atomic E-state index is 0.330. The minimum Gasteiger partial charge on any atom is -0.453 e. The molecular weight excluding hydrogens is 367 g/mol. The van der Waals surface area contributed by atoms with E-state index in [1.807, 2.05) is 25.1 Å². The molecule has 0 aliphatic rings. The Balaban J connectivity index is 2.33. The number of unbranched alkanes of at least 4 members (excludes halogenated alkanes) is 5. The molecule has 0 aliphatic carbocycles. The number of carbonyl (C=O) groups excluding carboxylic acids is 1. The van der Waals surface area contributed by atoms with E-state index in [1.165, 1.54) is 12.8 Å². The van der Waals surface area contributed by atoms with Crippen molar-refractivity contribution in [3.63, 3.8) is 0 Å². The highest BCUT2D eigenvalue weighted by atomic mass is 35.6. The molecular formula is C19H25Cl3O2. The lowest BCUT2D eigenvalue weighted by Crippen LogP contribution is -2.23. The number of hydrogen-bond acceptors (Lipinski definition) is 2. The maximum atomic E-state index is 12.0. The van der Waals surface area contributed by atoms with Crippen molar-refractivity contribution in [1.29, 1.82) is 0 Å². The van der Waals surface area contributed by atoms with E-state index >= 15 is 0 Å². The van der Waals surface area contributed by atoms with E-state index in [4.69, 9.17) is 39.5 Å². The average molecular weight is 392 g/mol. The Morgan fingerprint density at radius 3 is 2.33 bits per heavy atom. The molecule has 1 aromatic carbocycles. The standard InChI is InChI=1S/C19H25Cl3O2/c1-2-3-4-5-6-7-8-12-15-17(23)24-18(19(20,21)22)16-13-10-9-11-14-16/h2-3,9-11,13-14,18H,4-8,12,15H2,1H3. The summed E-state index contributed by atoms with van der Waals surface area (Å²) in [6.45, 7) is 2.03. The van der Waals surface area contributed by atoms with Gasteiger partial charge in [-0.05, 0) is 31.7 Å². The second-order valence-corrected chi connectivity index (χ2v) is 8.07. The van der Waals surface area contributed by atoms with Gasteiger partial charge in [0.25, 0.3) is 0 Å². The third kappa shape index (κ3) is 8.96. The molecule has 134 valence electrons. The zero-order chi connectivity index (χ0) is 17.8. The molecule has 1 atom stereocenters. The van der Waals surface area contributed by atoms with Gasteiger partial charge in [0.15, 0.2) is 6.10 Å². The van der Waals surface area contributed by atoms with Gasteiger partial charge in [0.1, 0.15) is 0 Å². The molecule has 0 radical (unpaired) electrons. The first-order valence-electron chi connectivity index (χ1n) is 8.37. The van der Waals surface area contributed by atoms with E-state index in [9.17, 15) is 4.79 Å². The molecule has 0 saturated heterocycles. The van der Waals surface area contributed by atoms with Gasteiger partial charge < -0.3 is 4.74 Å². The molecule has 0 heterocycles. The average Bonchev–Trinajstić information content (AvgIpc) is 2.55.